The number of methoxy groups -OCH3 is 2. The van der Waals surface area contributed by atoms with E-state index in [0.29, 0.717) is 5.92 Å². The Morgan fingerprint density at radius 1 is 1.13 bits per heavy atom. The Balaban J connectivity index is 2.25. The molecule has 1 aliphatic rings. The van der Waals surface area contributed by atoms with Crippen LogP contribution >= 0.6 is 0 Å². The molecule has 2 nitrogen and oxygen atoms in total. The molecule has 0 spiro atoms. The van der Waals surface area contributed by atoms with E-state index >= 15 is 0 Å². The summed E-state index contributed by atoms with van der Waals surface area (Å²) in [6.07, 6.45) is 2.74. The predicted molar refractivity (Wildman–Crippen MR) is 60.7 cm³/mol. The minimum absolute atomic E-state index is 0.643. The first kappa shape index (κ1) is 10.3. The molecule has 0 aromatic heterocycles. The molecule has 1 fully saturated rings. The largest absolute Gasteiger partial charge is 0.493 e. The second-order valence-corrected chi connectivity index (χ2v) is 4.24. The van der Waals surface area contributed by atoms with E-state index in [1.54, 1.807) is 14.2 Å². The molecule has 1 saturated carbocycles. The lowest BCUT2D eigenvalue weighted by Gasteiger charge is -2.14. The summed E-state index contributed by atoms with van der Waals surface area (Å²) in [5, 5.41) is 0. The van der Waals surface area contributed by atoms with Gasteiger partial charge in [0, 0.05) is 0 Å². The summed E-state index contributed by atoms with van der Waals surface area (Å²) in [5.41, 5.74) is 1.36. The van der Waals surface area contributed by atoms with Crippen LogP contribution in [0.3, 0.4) is 0 Å². The van der Waals surface area contributed by atoms with Gasteiger partial charge in [0.15, 0.2) is 11.5 Å². The summed E-state index contributed by atoms with van der Waals surface area (Å²) in [6.45, 7) is 2.29. The van der Waals surface area contributed by atoms with E-state index in [2.05, 4.69) is 19.1 Å². The van der Waals surface area contributed by atoms with Crippen LogP contribution in [0.2, 0.25) is 0 Å². The van der Waals surface area contributed by atoms with Crippen molar-refractivity contribution in [3.63, 3.8) is 0 Å². The molecular formula is C13H18O2. The molecule has 0 N–H and O–H groups in total. The van der Waals surface area contributed by atoms with Crippen LogP contribution in [0.25, 0.3) is 0 Å². The highest BCUT2D eigenvalue weighted by atomic mass is 16.5. The van der Waals surface area contributed by atoms with Crippen molar-refractivity contribution < 1.29 is 9.47 Å². The van der Waals surface area contributed by atoms with Gasteiger partial charge in [0.05, 0.1) is 14.2 Å². The van der Waals surface area contributed by atoms with Gasteiger partial charge < -0.3 is 9.47 Å². The van der Waals surface area contributed by atoms with Crippen molar-refractivity contribution in [1.82, 2.24) is 0 Å². The predicted octanol–water partition coefficient (Wildman–Crippen LogP) is 3.22. The Kier molecular flexibility index (Phi) is 2.85. The van der Waals surface area contributed by atoms with Crippen LogP contribution in [-0.2, 0) is 0 Å². The van der Waals surface area contributed by atoms with Crippen molar-refractivity contribution in [2.24, 2.45) is 5.92 Å². The second kappa shape index (κ2) is 4.13. The average Bonchev–Trinajstić information content (AvgIpc) is 3.11. The van der Waals surface area contributed by atoms with E-state index in [4.69, 9.17) is 9.47 Å². The Labute approximate surface area is 91.2 Å². The summed E-state index contributed by atoms with van der Waals surface area (Å²) in [7, 11) is 3.35. The number of hydrogen-bond donors (Lipinski definition) is 0. The molecule has 2 rings (SSSR count). The average molecular weight is 206 g/mol. The molecule has 1 aromatic carbocycles. The second-order valence-electron chi connectivity index (χ2n) is 4.24. The zero-order valence-electron chi connectivity index (χ0n) is 9.62. The van der Waals surface area contributed by atoms with Crippen LogP contribution in [0.5, 0.6) is 11.5 Å². The molecule has 1 atom stereocenters. The van der Waals surface area contributed by atoms with Gasteiger partial charge in [-0.1, -0.05) is 13.0 Å². The molecule has 1 aliphatic carbocycles. The zero-order chi connectivity index (χ0) is 10.8. The van der Waals surface area contributed by atoms with Crippen LogP contribution in [-0.4, -0.2) is 14.2 Å². The van der Waals surface area contributed by atoms with Gasteiger partial charge in [-0.3, -0.25) is 0 Å². The van der Waals surface area contributed by atoms with Crippen LogP contribution in [0.1, 0.15) is 31.2 Å². The number of hydrogen-bond acceptors (Lipinski definition) is 2. The van der Waals surface area contributed by atoms with Gasteiger partial charge >= 0.3 is 0 Å². The van der Waals surface area contributed by atoms with E-state index < -0.39 is 0 Å². The van der Waals surface area contributed by atoms with Gasteiger partial charge in [-0.25, -0.2) is 0 Å². The summed E-state index contributed by atoms with van der Waals surface area (Å²) >= 11 is 0. The van der Waals surface area contributed by atoms with Crippen molar-refractivity contribution in [3.05, 3.63) is 23.8 Å². The quantitative estimate of drug-likeness (QED) is 0.753. The third-order valence-corrected chi connectivity index (χ3v) is 3.26. The Bertz CT molecular complexity index is 342. The summed E-state index contributed by atoms with van der Waals surface area (Å²) in [6, 6.07) is 6.24. The van der Waals surface area contributed by atoms with Gasteiger partial charge in [0.2, 0.25) is 0 Å². The van der Waals surface area contributed by atoms with Gasteiger partial charge in [-0.05, 0) is 42.4 Å². The lowest BCUT2D eigenvalue weighted by molar-refractivity contribution is 0.354. The molecule has 82 valence electrons. The molecular weight excluding hydrogens is 188 g/mol. The molecule has 0 saturated heterocycles. The van der Waals surface area contributed by atoms with Crippen LogP contribution in [0, 0.1) is 5.92 Å². The number of rotatable bonds is 4. The molecule has 0 radical (unpaired) electrons. The molecule has 0 heterocycles. The minimum Gasteiger partial charge on any atom is -0.493 e. The van der Waals surface area contributed by atoms with Gasteiger partial charge in [0.25, 0.3) is 0 Å². The monoisotopic (exact) mass is 206 g/mol. The first-order valence-electron chi connectivity index (χ1n) is 5.48. The van der Waals surface area contributed by atoms with E-state index in [1.165, 1.54) is 18.4 Å². The highest BCUT2D eigenvalue weighted by molar-refractivity contribution is 5.44. The van der Waals surface area contributed by atoms with Gasteiger partial charge in [0.1, 0.15) is 0 Å². The SMILES string of the molecule is COc1ccc(C(C)C2CC2)cc1OC. The third kappa shape index (κ3) is 2.09. The van der Waals surface area contributed by atoms with Gasteiger partial charge in [-0.2, -0.15) is 0 Å². The first-order valence-corrected chi connectivity index (χ1v) is 5.48. The van der Waals surface area contributed by atoms with Crippen molar-refractivity contribution >= 4 is 0 Å². The smallest absolute Gasteiger partial charge is 0.160 e. The van der Waals surface area contributed by atoms with Crippen molar-refractivity contribution in [3.8, 4) is 11.5 Å². The maximum atomic E-state index is 5.30. The highest BCUT2D eigenvalue weighted by Crippen LogP contribution is 2.43. The topological polar surface area (TPSA) is 18.5 Å². The molecule has 15 heavy (non-hydrogen) atoms. The fraction of sp³-hybridized carbons (Fsp3) is 0.538. The first-order chi connectivity index (χ1) is 7.26. The van der Waals surface area contributed by atoms with E-state index in [-0.39, 0.29) is 0 Å². The third-order valence-electron chi connectivity index (χ3n) is 3.26. The standard InChI is InChI=1S/C13H18O2/c1-9(10-4-5-10)11-6-7-12(14-2)13(8-11)15-3/h6-10H,4-5H2,1-3H3. The van der Waals surface area contributed by atoms with Crippen LogP contribution in [0.4, 0.5) is 0 Å². The van der Waals surface area contributed by atoms with Crippen molar-refractivity contribution in [1.29, 1.82) is 0 Å². The maximum absolute atomic E-state index is 5.30. The Morgan fingerprint density at radius 3 is 2.33 bits per heavy atom. The molecule has 0 aliphatic heterocycles. The van der Waals surface area contributed by atoms with Crippen LogP contribution in [0.15, 0.2) is 18.2 Å². The van der Waals surface area contributed by atoms with E-state index in [1.807, 2.05) is 6.07 Å². The summed E-state index contributed by atoms with van der Waals surface area (Å²) in [5.74, 6) is 3.17. The normalized spacial score (nSPS) is 17.3. The molecule has 0 amide bonds. The highest BCUT2D eigenvalue weighted by Gasteiger charge is 2.29. The zero-order valence-corrected chi connectivity index (χ0v) is 9.62. The van der Waals surface area contributed by atoms with E-state index in [0.717, 1.165) is 17.4 Å². The molecule has 1 aromatic rings. The fourth-order valence-electron chi connectivity index (χ4n) is 2.00. The summed E-state index contributed by atoms with van der Waals surface area (Å²) < 4.78 is 10.5. The number of benzene rings is 1. The van der Waals surface area contributed by atoms with Crippen LogP contribution < -0.4 is 9.47 Å². The molecule has 2 heteroatoms. The maximum Gasteiger partial charge on any atom is 0.160 e. The minimum atomic E-state index is 0.643. The Morgan fingerprint density at radius 2 is 1.80 bits per heavy atom. The molecule has 0 bridgehead atoms. The summed E-state index contributed by atoms with van der Waals surface area (Å²) in [4.78, 5) is 0. The van der Waals surface area contributed by atoms with Crippen molar-refractivity contribution in [2.75, 3.05) is 14.2 Å². The van der Waals surface area contributed by atoms with Crippen molar-refractivity contribution in [2.45, 2.75) is 25.7 Å². The number of ether oxygens (including phenoxy) is 2. The Hall–Kier alpha value is -1.18. The van der Waals surface area contributed by atoms with Gasteiger partial charge in [-0.15, -0.1) is 0 Å². The molecule has 1 unspecified atom stereocenters. The lowest BCUT2D eigenvalue weighted by Crippen LogP contribution is -1.98. The lowest BCUT2D eigenvalue weighted by atomic mass is 9.96. The fourth-order valence-corrected chi connectivity index (χ4v) is 2.00. The van der Waals surface area contributed by atoms with E-state index in [9.17, 15) is 0 Å².